The van der Waals surface area contributed by atoms with Gasteiger partial charge in [0.15, 0.2) is 5.75 Å². The van der Waals surface area contributed by atoms with Crippen molar-refractivity contribution < 1.29 is 9.66 Å². The van der Waals surface area contributed by atoms with Gasteiger partial charge in [-0.3, -0.25) is 10.1 Å². The van der Waals surface area contributed by atoms with E-state index in [0.717, 1.165) is 5.56 Å². The van der Waals surface area contributed by atoms with Gasteiger partial charge in [-0.2, -0.15) is 0 Å². The molecule has 0 radical (unpaired) electrons. The van der Waals surface area contributed by atoms with Crippen LogP contribution < -0.4 is 10.1 Å². The fraction of sp³-hybridized carbons (Fsp3) is 0.571. The van der Waals surface area contributed by atoms with Gasteiger partial charge in [-0.15, -0.1) is 0 Å². The van der Waals surface area contributed by atoms with Crippen molar-refractivity contribution in [2.45, 2.75) is 40.3 Å². The van der Waals surface area contributed by atoms with Gasteiger partial charge in [0.1, 0.15) is 0 Å². The van der Waals surface area contributed by atoms with Crippen LogP contribution in [0.3, 0.4) is 0 Å². The van der Waals surface area contributed by atoms with Crippen LogP contribution in [-0.2, 0) is 6.54 Å². The van der Waals surface area contributed by atoms with E-state index in [0.29, 0.717) is 30.9 Å². The highest BCUT2D eigenvalue weighted by Crippen LogP contribution is 2.28. The molecule has 19 heavy (non-hydrogen) atoms. The van der Waals surface area contributed by atoms with Crippen LogP contribution in [0.5, 0.6) is 5.75 Å². The predicted octanol–water partition coefficient (Wildman–Crippen LogP) is 3.13. The van der Waals surface area contributed by atoms with E-state index in [1.54, 1.807) is 12.1 Å². The van der Waals surface area contributed by atoms with Gasteiger partial charge in [0.05, 0.1) is 11.5 Å². The van der Waals surface area contributed by atoms with Crippen molar-refractivity contribution in [2.24, 2.45) is 5.92 Å². The number of ether oxygens (including phenoxy) is 1. The van der Waals surface area contributed by atoms with Gasteiger partial charge in [-0.1, -0.05) is 33.8 Å². The summed E-state index contributed by atoms with van der Waals surface area (Å²) in [6.07, 6.45) is 0. The summed E-state index contributed by atoms with van der Waals surface area (Å²) in [5.41, 5.74) is 1.01. The van der Waals surface area contributed by atoms with E-state index in [-0.39, 0.29) is 5.69 Å². The smallest absolute Gasteiger partial charge is 0.310 e. The average molecular weight is 266 g/mol. The van der Waals surface area contributed by atoms with E-state index in [1.807, 2.05) is 13.8 Å². The lowest BCUT2D eigenvalue weighted by Gasteiger charge is -2.12. The average Bonchev–Trinajstić information content (AvgIpc) is 2.33. The minimum absolute atomic E-state index is 0.0222. The molecule has 0 heterocycles. The highest BCUT2D eigenvalue weighted by molar-refractivity contribution is 5.48. The summed E-state index contributed by atoms with van der Waals surface area (Å²) in [6.45, 7) is 9.28. The zero-order chi connectivity index (χ0) is 14.4. The van der Waals surface area contributed by atoms with E-state index in [9.17, 15) is 10.1 Å². The zero-order valence-corrected chi connectivity index (χ0v) is 12.0. The number of nitrogens with zero attached hydrogens (tertiary/aromatic N) is 1. The van der Waals surface area contributed by atoms with Crippen LogP contribution in [0.4, 0.5) is 5.69 Å². The summed E-state index contributed by atoms with van der Waals surface area (Å²) in [4.78, 5) is 10.5. The second-order valence-electron chi connectivity index (χ2n) is 5.30. The zero-order valence-electron chi connectivity index (χ0n) is 12.0. The van der Waals surface area contributed by atoms with Crippen LogP contribution in [0.2, 0.25) is 0 Å². The van der Waals surface area contributed by atoms with E-state index >= 15 is 0 Å². The molecule has 0 unspecified atom stereocenters. The van der Waals surface area contributed by atoms with Gasteiger partial charge in [0.25, 0.3) is 0 Å². The highest BCUT2D eigenvalue weighted by atomic mass is 16.6. The maximum atomic E-state index is 11.0. The van der Waals surface area contributed by atoms with Crippen LogP contribution in [0.15, 0.2) is 18.2 Å². The first-order valence-corrected chi connectivity index (χ1v) is 6.53. The van der Waals surface area contributed by atoms with Crippen molar-refractivity contribution in [1.82, 2.24) is 5.32 Å². The third kappa shape index (κ3) is 5.26. The topological polar surface area (TPSA) is 64.4 Å². The molecule has 0 aliphatic heterocycles. The summed E-state index contributed by atoms with van der Waals surface area (Å²) < 4.78 is 5.54. The molecule has 0 bridgehead atoms. The highest BCUT2D eigenvalue weighted by Gasteiger charge is 2.16. The minimum atomic E-state index is -0.407. The van der Waals surface area contributed by atoms with Crippen molar-refractivity contribution >= 4 is 5.69 Å². The fourth-order valence-electron chi connectivity index (χ4n) is 1.51. The summed E-state index contributed by atoms with van der Waals surface area (Å²) in [7, 11) is 0. The number of benzene rings is 1. The number of rotatable bonds is 7. The molecule has 0 amide bonds. The molecule has 1 rings (SSSR count). The monoisotopic (exact) mass is 266 g/mol. The second-order valence-corrected chi connectivity index (χ2v) is 5.30. The van der Waals surface area contributed by atoms with Crippen LogP contribution in [0.25, 0.3) is 0 Å². The Morgan fingerprint density at radius 1 is 1.32 bits per heavy atom. The SMILES string of the molecule is CC(C)COc1cc(CNC(C)C)ccc1[N+](=O)[O-]. The molecule has 0 saturated heterocycles. The summed E-state index contributed by atoms with van der Waals surface area (Å²) in [5, 5.41) is 14.2. The summed E-state index contributed by atoms with van der Waals surface area (Å²) in [5.74, 6) is 0.679. The quantitative estimate of drug-likeness (QED) is 0.608. The molecule has 106 valence electrons. The summed E-state index contributed by atoms with van der Waals surface area (Å²) in [6, 6.07) is 5.38. The number of nitro benzene ring substituents is 1. The number of nitrogens with one attached hydrogen (secondary N) is 1. The Morgan fingerprint density at radius 2 is 2.00 bits per heavy atom. The van der Waals surface area contributed by atoms with Crippen LogP contribution >= 0.6 is 0 Å². The molecule has 1 N–H and O–H groups in total. The fourth-order valence-corrected chi connectivity index (χ4v) is 1.51. The van der Waals surface area contributed by atoms with E-state index in [4.69, 9.17) is 4.74 Å². The van der Waals surface area contributed by atoms with Gasteiger partial charge >= 0.3 is 5.69 Å². The maximum absolute atomic E-state index is 11.0. The molecular formula is C14H22N2O3. The van der Waals surface area contributed by atoms with Crippen LogP contribution in [0, 0.1) is 16.0 Å². The molecule has 0 aromatic heterocycles. The van der Waals surface area contributed by atoms with Gasteiger partial charge in [0.2, 0.25) is 0 Å². The normalized spacial score (nSPS) is 11.1. The Bertz CT molecular complexity index is 431. The first-order chi connectivity index (χ1) is 8.90. The lowest BCUT2D eigenvalue weighted by atomic mass is 10.1. The van der Waals surface area contributed by atoms with Crippen molar-refractivity contribution in [1.29, 1.82) is 0 Å². The lowest BCUT2D eigenvalue weighted by Crippen LogP contribution is -2.21. The molecule has 0 atom stereocenters. The Morgan fingerprint density at radius 3 is 2.53 bits per heavy atom. The standard InChI is InChI=1S/C14H22N2O3/c1-10(2)9-19-14-7-12(8-15-11(3)4)5-6-13(14)16(17)18/h5-7,10-11,15H,8-9H2,1-4H3. The van der Waals surface area contributed by atoms with Gasteiger partial charge in [-0.05, 0) is 17.5 Å². The second kappa shape index (κ2) is 7.09. The predicted molar refractivity (Wildman–Crippen MR) is 75.4 cm³/mol. The van der Waals surface area contributed by atoms with Gasteiger partial charge in [-0.25, -0.2) is 0 Å². The van der Waals surface area contributed by atoms with Gasteiger partial charge in [0, 0.05) is 18.7 Å². The molecule has 0 aliphatic rings. The molecule has 0 spiro atoms. The molecule has 1 aromatic carbocycles. The van der Waals surface area contributed by atoms with Crippen LogP contribution in [-0.4, -0.2) is 17.6 Å². The molecule has 0 aliphatic carbocycles. The Hall–Kier alpha value is -1.62. The van der Waals surface area contributed by atoms with Crippen LogP contribution in [0.1, 0.15) is 33.3 Å². The lowest BCUT2D eigenvalue weighted by molar-refractivity contribution is -0.385. The maximum Gasteiger partial charge on any atom is 0.310 e. The molecular weight excluding hydrogens is 244 g/mol. The van der Waals surface area contributed by atoms with E-state index < -0.39 is 4.92 Å². The Balaban J connectivity index is 2.87. The number of hydrogen-bond acceptors (Lipinski definition) is 4. The Kier molecular flexibility index (Phi) is 5.76. The van der Waals surface area contributed by atoms with Crippen molar-refractivity contribution in [3.8, 4) is 5.75 Å². The van der Waals surface area contributed by atoms with E-state index in [2.05, 4.69) is 19.2 Å². The Labute approximate surface area is 114 Å². The van der Waals surface area contributed by atoms with Crippen molar-refractivity contribution in [3.63, 3.8) is 0 Å². The molecule has 1 aromatic rings. The summed E-state index contributed by atoms with van der Waals surface area (Å²) >= 11 is 0. The first kappa shape index (κ1) is 15.4. The molecule has 0 saturated carbocycles. The third-order valence-electron chi connectivity index (χ3n) is 2.51. The van der Waals surface area contributed by atoms with Crippen molar-refractivity contribution in [2.75, 3.05) is 6.61 Å². The van der Waals surface area contributed by atoms with Crippen molar-refractivity contribution in [3.05, 3.63) is 33.9 Å². The van der Waals surface area contributed by atoms with Gasteiger partial charge < -0.3 is 10.1 Å². The number of hydrogen-bond donors (Lipinski definition) is 1. The molecule has 5 heteroatoms. The minimum Gasteiger partial charge on any atom is -0.487 e. The molecule has 0 fully saturated rings. The largest absolute Gasteiger partial charge is 0.487 e. The third-order valence-corrected chi connectivity index (χ3v) is 2.51. The molecule has 5 nitrogen and oxygen atoms in total. The number of nitro groups is 1. The van der Waals surface area contributed by atoms with E-state index in [1.165, 1.54) is 6.07 Å². The first-order valence-electron chi connectivity index (χ1n) is 6.53.